The summed E-state index contributed by atoms with van der Waals surface area (Å²) in [7, 11) is -2.30. The van der Waals surface area contributed by atoms with Crippen molar-refractivity contribution in [1.29, 1.82) is 0 Å². The number of anilines is 2. The van der Waals surface area contributed by atoms with Gasteiger partial charge in [-0.05, 0) is 87.7 Å². The lowest BCUT2D eigenvalue weighted by Gasteiger charge is -2.35. The van der Waals surface area contributed by atoms with Crippen LogP contribution in [0, 0.1) is 11.7 Å². The minimum absolute atomic E-state index is 0.0768. The number of amides is 3. The van der Waals surface area contributed by atoms with Crippen LogP contribution in [0.2, 0.25) is 0 Å². The summed E-state index contributed by atoms with van der Waals surface area (Å²) < 4.78 is 54.6. The summed E-state index contributed by atoms with van der Waals surface area (Å²) in [6, 6.07) is 17.0. The highest BCUT2D eigenvalue weighted by molar-refractivity contribution is 7.92. The molecule has 3 amide bonds. The number of aliphatic hydroxyl groups excluding tert-OH is 1. The van der Waals surface area contributed by atoms with Crippen molar-refractivity contribution in [2.24, 2.45) is 5.92 Å². The highest BCUT2D eigenvalue weighted by Crippen LogP contribution is 2.29. The van der Waals surface area contributed by atoms with E-state index in [0.717, 1.165) is 12.8 Å². The van der Waals surface area contributed by atoms with Gasteiger partial charge in [0.05, 0.1) is 35.3 Å². The highest BCUT2D eigenvalue weighted by atomic mass is 32.2. The Labute approximate surface area is 282 Å². The van der Waals surface area contributed by atoms with Crippen molar-refractivity contribution < 1.29 is 37.0 Å². The molecule has 0 bridgehead atoms. The van der Waals surface area contributed by atoms with Gasteiger partial charge in [-0.1, -0.05) is 25.1 Å². The SMILES string of the molecule is C[C@H]1CCCCO[C@@H](CN(C)C(=O)Nc2ccc(F)cc2)[C@@H](C)CN([C@@H](C)CO)C(=O)c2cc(NS(=O)(=O)c3ccccc3)ccc2O1. The van der Waals surface area contributed by atoms with Crippen molar-refractivity contribution in [1.82, 2.24) is 9.80 Å². The van der Waals surface area contributed by atoms with Crippen LogP contribution < -0.4 is 14.8 Å². The molecule has 1 aliphatic rings. The number of aliphatic hydroxyl groups is 1. The first kappa shape index (κ1) is 36.6. The second kappa shape index (κ2) is 16.8. The van der Waals surface area contributed by atoms with Crippen molar-refractivity contribution >= 4 is 33.3 Å². The van der Waals surface area contributed by atoms with Crippen LogP contribution in [0.1, 0.15) is 50.4 Å². The van der Waals surface area contributed by atoms with E-state index in [2.05, 4.69) is 10.0 Å². The number of carbonyl (C=O) groups excluding carboxylic acids is 2. The number of halogens is 1. The summed E-state index contributed by atoms with van der Waals surface area (Å²) in [5.41, 5.74) is 0.776. The predicted molar refractivity (Wildman–Crippen MR) is 182 cm³/mol. The second-order valence-corrected chi connectivity index (χ2v) is 13.9. The number of ether oxygens (including phenoxy) is 2. The summed E-state index contributed by atoms with van der Waals surface area (Å²) in [4.78, 5) is 30.4. The van der Waals surface area contributed by atoms with Gasteiger partial charge in [0.1, 0.15) is 11.6 Å². The molecule has 3 aromatic carbocycles. The molecule has 0 fully saturated rings. The molecule has 3 N–H and O–H groups in total. The van der Waals surface area contributed by atoms with Gasteiger partial charge in [-0.25, -0.2) is 17.6 Å². The molecule has 0 saturated carbocycles. The summed E-state index contributed by atoms with van der Waals surface area (Å²) in [5.74, 6) is -0.854. The first-order valence-corrected chi connectivity index (χ1v) is 17.6. The standard InChI is InChI=1S/C35H45FN4O7S/c1-24-21-40(25(2)23-41)34(42)31-20-29(38-48(44,45)30-11-6-5-7-12-30)17-18-32(31)47-26(3)10-8-9-19-46-33(24)22-39(4)35(43)37-28-15-13-27(36)14-16-28/h5-7,11-18,20,24-26,33,38,41H,8-10,19,21-23H2,1-4H3,(H,37,43)/t24-,25-,26-,33-/m0/s1. The summed E-state index contributed by atoms with van der Waals surface area (Å²) in [6.45, 7) is 6.00. The van der Waals surface area contributed by atoms with E-state index >= 15 is 0 Å². The lowest BCUT2D eigenvalue weighted by atomic mass is 10.0. The van der Waals surface area contributed by atoms with Crippen molar-refractivity contribution in [2.75, 3.05) is 43.4 Å². The Morgan fingerprint density at radius 2 is 1.75 bits per heavy atom. The van der Waals surface area contributed by atoms with Gasteiger partial charge in [-0.3, -0.25) is 9.52 Å². The average molecular weight is 685 g/mol. The zero-order valence-corrected chi connectivity index (χ0v) is 28.6. The number of nitrogens with one attached hydrogen (secondary N) is 2. The van der Waals surface area contributed by atoms with Gasteiger partial charge < -0.3 is 29.7 Å². The molecule has 0 aliphatic carbocycles. The second-order valence-electron chi connectivity index (χ2n) is 12.2. The van der Waals surface area contributed by atoms with Gasteiger partial charge in [-0.15, -0.1) is 0 Å². The van der Waals surface area contributed by atoms with Crippen LogP contribution in [0.15, 0.2) is 77.7 Å². The van der Waals surface area contributed by atoms with E-state index < -0.39 is 39.9 Å². The maximum Gasteiger partial charge on any atom is 0.321 e. The maximum atomic E-state index is 14.3. The third kappa shape index (κ3) is 9.91. The number of likely N-dealkylation sites (N-methyl/N-ethyl adjacent to an activating group) is 1. The fraction of sp³-hybridized carbons (Fsp3) is 0.429. The van der Waals surface area contributed by atoms with Gasteiger partial charge in [-0.2, -0.15) is 0 Å². The summed E-state index contributed by atoms with van der Waals surface area (Å²) in [6.07, 6.45) is 1.47. The number of nitrogens with zero attached hydrogens (tertiary/aromatic N) is 2. The number of urea groups is 1. The van der Waals surface area contributed by atoms with Crippen LogP contribution in [0.3, 0.4) is 0 Å². The minimum atomic E-state index is -3.93. The molecule has 0 aromatic heterocycles. The quantitative estimate of drug-likeness (QED) is 0.282. The van der Waals surface area contributed by atoms with Gasteiger partial charge in [0.25, 0.3) is 15.9 Å². The Morgan fingerprint density at radius 1 is 1.06 bits per heavy atom. The van der Waals surface area contributed by atoms with Gasteiger partial charge in [0, 0.05) is 44.0 Å². The van der Waals surface area contributed by atoms with E-state index in [9.17, 15) is 27.5 Å². The molecule has 3 aromatic rings. The molecule has 4 rings (SSSR count). The Hall–Kier alpha value is -4.20. The normalized spacial score (nSPS) is 20.1. The zero-order chi connectivity index (χ0) is 34.8. The first-order valence-electron chi connectivity index (χ1n) is 16.1. The van der Waals surface area contributed by atoms with Crippen LogP contribution in [-0.4, -0.2) is 86.9 Å². The summed E-state index contributed by atoms with van der Waals surface area (Å²) >= 11 is 0. The molecule has 0 radical (unpaired) electrons. The fourth-order valence-corrected chi connectivity index (χ4v) is 6.44. The van der Waals surface area contributed by atoms with E-state index in [0.29, 0.717) is 24.5 Å². The van der Waals surface area contributed by atoms with E-state index in [1.54, 1.807) is 44.3 Å². The van der Waals surface area contributed by atoms with Gasteiger partial charge in [0.15, 0.2) is 0 Å². The van der Waals surface area contributed by atoms with Crippen molar-refractivity contribution in [2.45, 2.75) is 63.2 Å². The molecular formula is C35H45FN4O7S. The molecule has 48 heavy (non-hydrogen) atoms. The van der Waals surface area contributed by atoms with Gasteiger partial charge >= 0.3 is 6.03 Å². The van der Waals surface area contributed by atoms with E-state index in [4.69, 9.17) is 9.47 Å². The molecule has 13 heteroatoms. The first-order chi connectivity index (χ1) is 22.9. The zero-order valence-electron chi connectivity index (χ0n) is 27.8. The van der Waals surface area contributed by atoms with Crippen molar-refractivity contribution in [3.8, 4) is 5.75 Å². The lowest BCUT2D eigenvalue weighted by molar-refractivity contribution is -0.0115. The van der Waals surface area contributed by atoms with Gasteiger partial charge in [0.2, 0.25) is 0 Å². The Morgan fingerprint density at radius 3 is 2.44 bits per heavy atom. The topological polar surface area (TPSA) is 138 Å². The van der Waals surface area contributed by atoms with E-state index in [1.165, 1.54) is 52.3 Å². The van der Waals surface area contributed by atoms with E-state index in [-0.39, 0.29) is 47.9 Å². The largest absolute Gasteiger partial charge is 0.490 e. The Balaban J connectivity index is 1.62. The molecular weight excluding hydrogens is 639 g/mol. The van der Waals surface area contributed by atoms with E-state index in [1.807, 2.05) is 13.8 Å². The van der Waals surface area contributed by atoms with Crippen molar-refractivity contribution in [3.05, 3.63) is 84.2 Å². The number of sulfonamides is 1. The highest BCUT2D eigenvalue weighted by Gasteiger charge is 2.31. The fourth-order valence-electron chi connectivity index (χ4n) is 5.37. The number of benzene rings is 3. The number of rotatable bonds is 8. The lowest BCUT2D eigenvalue weighted by Crippen LogP contribution is -2.48. The third-order valence-corrected chi connectivity index (χ3v) is 9.65. The summed E-state index contributed by atoms with van der Waals surface area (Å²) in [5, 5.41) is 12.9. The van der Waals surface area contributed by atoms with Crippen LogP contribution in [0.5, 0.6) is 5.75 Å². The Kier molecular flexibility index (Phi) is 12.8. The monoisotopic (exact) mass is 684 g/mol. The molecule has 0 spiro atoms. The molecule has 260 valence electrons. The number of hydrogen-bond donors (Lipinski definition) is 3. The van der Waals surface area contributed by atoms with Crippen LogP contribution >= 0.6 is 0 Å². The smallest absolute Gasteiger partial charge is 0.321 e. The third-order valence-electron chi connectivity index (χ3n) is 8.25. The average Bonchev–Trinajstić information content (AvgIpc) is 3.07. The number of hydrogen-bond acceptors (Lipinski definition) is 7. The maximum absolute atomic E-state index is 14.3. The molecule has 11 nitrogen and oxygen atoms in total. The molecule has 0 unspecified atom stereocenters. The molecule has 4 atom stereocenters. The van der Waals surface area contributed by atoms with Crippen LogP contribution in [-0.2, 0) is 14.8 Å². The Bertz CT molecular complexity index is 1630. The van der Waals surface area contributed by atoms with Crippen LogP contribution in [0.4, 0.5) is 20.6 Å². The number of carbonyl (C=O) groups is 2. The molecule has 1 aliphatic heterocycles. The molecule has 0 saturated heterocycles. The predicted octanol–water partition coefficient (Wildman–Crippen LogP) is 5.59. The van der Waals surface area contributed by atoms with Crippen molar-refractivity contribution in [3.63, 3.8) is 0 Å². The minimum Gasteiger partial charge on any atom is -0.490 e. The molecule has 1 heterocycles. The van der Waals surface area contributed by atoms with Crippen LogP contribution in [0.25, 0.3) is 0 Å². The number of fused-ring (bicyclic) bond motifs is 1.